The maximum absolute atomic E-state index is 4.53. The average Bonchev–Trinajstić information content (AvgIpc) is 2.87. The van der Waals surface area contributed by atoms with Crippen molar-refractivity contribution in [2.24, 2.45) is 14.1 Å². The number of aromatic nitrogens is 3. The Bertz CT molecular complexity index is 945. The van der Waals surface area contributed by atoms with Crippen molar-refractivity contribution in [1.29, 1.82) is 0 Å². The second-order valence-electron chi connectivity index (χ2n) is 5.69. The van der Waals surface area contributed by atoms with Crippen LogP contribution in [0.4, 0.5) is 0 Å². The molecule has 0 fully saturated rings. The lowest BCUT2D eigenvalue weighted by Gasteiger charge is -2.07. The van der Waals surface area contributed by atoms with E-state index in [4.69, 9.17) is 0 Å². The lowest BCUT2D eigenvalue weighted by Crippen LogP contribution is -2.30. The summed E-state index contributed by atoms with van der Waals surface area (Å²) in [5.41, 5.74) is 5.78. The summed E-state index contributed by atoms with van der Waals surface area (Å²) in [7, 11) is 4.24. The van der Waals surface area contributed by atoms with Gasteiger partial charge in [-0.3, -0.25) is 4.98 Å². The molecule has 3 nitrogen and oxygen atoms in total. The molecule has 112 valence electrons. The van der Waals surface area contributed by atoms with Crippen LogP contribution in [0.2, 0.25) is 0 Å². The zero-order valence-corrected chi connectivity index (χ0v) is 13.3. The number of imidazole rings is 1. The molecular formula is C20H18N3+. The van der Waals surface area contributed by atoms with Crippen LogP contribution in [0.5, 0.6) is 0 Å². The summed E-state index contributed by atoms with van der Waals surface area (Å²) < 4.78 is 4.49. The van der Waals surface area contributed by atoms with Crippen LogP contribution in [0, 0.1) is 0 Å². The molecule has 2 aromatic carbocycles. The highest BCUT2D eigenvalue weighted by atomic mass is 15.1. The minimum Gasteiger partial charge on any atom is -0.256 e. The Morgan fingerprint density at radius 2 is 1.52 bits per heavy atom. The van der Waals surface area contributed by atoms with Crippen LogP contribution in [0.3, 0.4) is 0 Å². The number of fused-ring (bicyclic) bond motifs is 1. The van der Waals surface area contributed by atoms with Gasteiger partial charge in [0.1, 0.15) is 0 Å². The van der Waals surface area contributed by atoms with E-state index in [0.29, 0.717) is 0 Å². The zero-order valence-electron chi connectivity index (χ0n) is 13.3. The first-order chi connectivity index (χ1) is 11.3. The highest BCUT2D eigenvalue weighted by Gasteiger charge is 2.24. The molecule has 23 heavy (non-hydrogen) atoms. The van der Waals surface area contributed by atoms with Gasteiger partial charge in [0, 0.05) is 11.8 Å². The molecule has 0 spiro atoms. The third-order valence-electron chi connectivity index (χ3n) is 4.35. The molecule has 0 bridgehead atoms. The third-order valence-corrected chi connectivity index (χ3v) is 4.35. The number of nitrogens with zero attached hydrogens (tertiary/aromatic N) is 3. The summed E-state index contributed by atoms with van der Waals surface area (Å²) in [6.07, 6.45) is 1.84. The number of para-hydroxylation sites is 2. The van der Waals surface area contributed by atoms with Gasteiger partial charge in [0.25, 0.3) is 5.82 Å². The molecule has 0 aliphatic rings. The van der Waals surface area contributed by atoms with Crippen LogP contribution < -0.4 is 4.57 Å². The van der Waals surface area contributed by atoms with Crippen LogP contribution in [-0.2, 0) is 14.1 Å². The van der Waals surface area contributed by atoms with E-state index in [9.17, 15) is 0 Å². The second kappa shape index (κ2) is 5.36. The molecule has 0 N–H and O–H groups in total. The maximum Gasteiger partial charge on any atom is 0.290 e. The first-order valence-corrected chi connectivity index (χ1v) is 7.71. The molecule has 3 heteroatoms. The SMILES string of the molecule is Cn1c(-c2ccccc2-c2ccccn2)[n+](C)c2ccccc21. The second-order valence-corrected chi connectivity index (χ2v) is 5.69. The summed E-state index contributed by atoms with van der Waals surface area (Å²) in [5.74, 6) is 1.17. The van der Waals surface area contributed by atoms with Crippen molar-refractivity contribution in [2.45, 2.75) is 0 Å². The quantitative estimate of drug-likeness (QED) is 0.517. The Morgan fingerprint density at radius 1 is 0.826 bits per heavy atom. The van der Waals surface area contributed by atoms with Crippen molar-refractivity contribution in [1.82, 2.24) is 9.55 Å². The molecular weight excluding hydrogens is 282 g/mol. The van der Waals surface area contributed by atoms with E-state index in [1.165, 1.54) is 22.4 Å². The molecule has 0 atom stereocenters. The van der Waals surface area contributed by atoms with Crippen molar-refractivity contribution in [3.8, 4) is 22.6 Å². The van der Waals surface area contributed by atoms with E-state index in [2.05, 4.69) is 82.8 Å². The molecule has 0 radical (unpaired) electrons. The minimum atomic E-state index is 0.994. The Labute approximate surface area is 135 Å². The Hall–Kier alpha value is -2.94. The van der Waals surface area contributed by atoms with Gasteiger partial charge in [-0.15, -0.1) is 0 Å². The van der Waals surface area contributed by atoms with E-state index in [-0.39, 0.29) is 0 Å². The van der Waals surface area contributed by atoms with E-state index in [1.54, 1.807) is 0 Å². The molecule has 4 aromatic rings. The van der Waals surface area contributed by atoms with E-state index >= 15 is 0 Å². The van der Waals surface area contributed by atoms with Crippen LogP contribution in [0.1, 0.15) is 0 Å². The van der Waals surface area contributed by atoms with Gasteiger partial charge < -0.3 is 0 Å². The van der Waals surface area contributed by atoms with Gasteiger partial charge in [0.2, 0.25) is 0 Å². The van der Waals surface area contributed by atoms with Crippen LogP contribution in [0.15, 0.2) is 72.9 Å². The van der Waals surface area contributed by atoms with Crippen LogP contribution in [0.25, 0.3) is 33.7 Å². The molecule has 0 amide bonds. The normalized spacial score (nSPS) is 11.0. The van der Waals surface area contributed by atoms with Gasteiger partial charge in [-0.2, -0.15) is 0 Å². The van der Waals surface area contributed by atoms with Gasteiger partial charge in [-0.25, -0.2) is 9.13 Å². The summed E-state index contributed by atoms with van der Waals surface area (Å²) in [6, 6.07) is 23.0. The monoisotopic (exact) mass is 300 g/mol. The fourth-order valence-corrected chi connectivity index (χ4v) is 3.27. The Balaban J connectivity index is 2.04. The highest BCUT2D eigenvalue weighted by molar-refractivity contribution is 5.82. The average molecular weight is 300 g/mol. The van der Waals surface area contributed by atoms with Gasteiger partial charge in [-0.1, -0.05) is 36.4 Å². The smallest absolute Gasteiger partial charge is 0.256 e. The molecule has 0 aliphatic heterocycles. The number of pyridine rings is 1. The van der Waals surface area contributed by atoms with E-state index < -0.39 is 0 Å². The predicted octanol–water partition coefficient (Wildman–Crippen LogP) is 3.73. The van der Waals surface area contributed by atoms with Crippen molar-refractivity contribution in [3.63, 3.8) is 0 Å². The standard InChI is InChI=1S/C20H18N3/c1-22-18-12-5-6-13-19(18)23(2)20(22)16-10-4-3-9-15(16)17-11-7-8-14-21-17/h3-14H,1-2H3/q+1. The molecule has 2 aromatic heterocycles. The first-order valence-electron chi connectivity index (χ1n) is 7.71. The molecule has 0 aliphatic carbocycles. The lowest BCUT2D eigenvalue weighted by molar-refractivity contribution is -0.634. The van der Waals surface area contributed by atoms with Crippen molar-refractivity contribution in [2.75, 3.05) is 0 Å². The molecule has 4 rings (SSSR count). The zero-order chi connectivity index (χ0) is 15.8. The number of rotatable bonds is 2. The van der Waals surface area contributed by atoms with Crippen LogP contribution >= 0.6 is 0 Å². The summed E-state index contributed by atoms with van der Waals surface area (Å²) in [6.45, 7) is 0. The largest absolute Gasteiger partial charge is 0.290 e. The topological polar surface area (TPSA) is 21.7 Å². The van der Waals surface area contributed by atoms with Crippen molar-refractivity contribution < 1.29 is 4.57 Å². The fourth-order valence-electron chi connectivity index (χ4n) is 3.27. The summed E-state index contributed by atoms with van der Waals surface area (Å²) in [4.78, 5) is 4.53. The van der Waals surface area contributed by atoms with E-state index in [0.717, 1.165) is 11.3 Å². The highest BCUT2D eigenvalue weighted by Crippen LogP contribution is 2.30. The third kappa shape index (κ3) is 2.13. The minimum absolute atomic E-state index is 0.994. The van der Waals surface area contributed by atoms with Crippen molar-refractivity contribution >= 4 is 11.0 Å². The first kappa shape index (κ1) is 13.7. The predicted molar refractivity (Wildman–Crippen MR) is 92.8 cm³/mol. The van der Waals surface area contributed by atoms with Gasteiger partial charge in [0.15, 0.2) is 11.0 Å². The number of benzene rings is 2. The van der Waals surface area contributed by atoms with Gasteiger partial charge in [0.05, 0.1) is 25.4 Å². The lowest BCUT2D eigenvalue weighted by atomic mass is 10.0. The molecule has 0 saturated carbocycles. The summed E-state index contributed by atoms with van der Waals surface area (Å²) >= 11 is 0. The van der Waals surface area contributed by atoms with Gasteiger partial charge >= 0.3 is 0 Å². The Morgan fingerprint density at radius 3 is 2.26 bits per heavy atom. The van der Waals surface area contributed by atoms with E-state index in [1.807, 2.05) is 18.3 Å². The van der Waals surface area contributed by atoms with Crippen molar-refractivity contribution in [3.05, 3.63) is 72.9 Å². The molecule has 0 saturated heterocycles. The summed E-state index contributed by atoms with van der Waals surface area (Å²) in [5, 5.41) is 0. The molecule has 0 unspecified atom stereocenters. The number of hydrogen-bond donors (Lipinski definition) is 0. The van der Waals surface area contributed by atoms with Crippen LogP contribution in [-0.4, -0.2) is 9.55 Å². The number of aryl methyl sites for hydroxylation is 2. The maximum atomic E-state index is 4.53. The van der Waals surface area contributed by atoms with Gasteiger partial charge in [-0.05, 0) is 30.3 Å². The Kier molecular flexibility index (Phi) is 3.19. The fraction of sp³-hybridized carbons (Fsp3) is 0.100. The number of hydrogen-bond acceptors (Lipinski definition) is 1. The molecule has 2 heterocycles.